The number of aromatic amines is 1. The summed E-state index contributed by atoms with van der Waals surface area (Å²) in [6.07, 6.45) is 1.53. The SMILES string of the molecule is C#CCc1[nH]nc(C(F)(F)F)c1-c1cnc(C(=O)Nc2ccc(C(=O)N3CCN(C(=O)NC4CNC4)CC3)c(Cl)c2)n1C. The number of amides is 4. The number of terminal acetylenes is 1. The molecule has 0 aliphatic carbocycles. The summed E-state index contributed by atoms with van der Waals surface area (Å²) < 4.78 is 42.1. The van der Waals surface area contributed by atoms with Gasteiger partial charge >= 0.3 is 12.2 Å². The first kappa shape index (κ1) is 29.9. The normalized spacial score (nSPS) is 15.5. The first-order valence-electron chi connectivity index (χ1n) is 13.2. The fraction of sp³-hybridized carbons (Fsp3) is 0.370. The number of carbonyl (C=O) groups is 3. The van der Waals surface area contributed by atoms with E-state index in [1.807, 2.05) is 0 Å². The molecule has 226 valence electrons. The highest BCUT2D eigenvalue weighted by atomic mass is 35.5. The molecule has 0 unspecified atom stereocenters. The van der Waals surface area contributed by atoms with E-state index in [0.29, 0.717) is 26.2 Å². The van der Waals surface area contributed by atoms with Crippen LogP contribution in [0.2, 0.25) is 5.02 Å². The van der Waals surface area contributed by atoms with Gasteiger partial charge in [0.25, 0.3) is 11.8 Å². The van der Waals surface area contributed by atoms with Gasteiger partial charge in [-0.05, 0) is 18.2 Å². The number of benzene rings is 1. The Kier molecular flexibility index (Phi) is 8.34. The number of piperazine rings is 1. The first-order valence-corrected chi connectivity index (χ1v) is 13.6. The van der Waals surface area contributed by atoms with Crippen molar-refractivity contribution < 1.29 is 27.6 Å². The quantitative estimate of drug-likeness (QED) is 0.313. The predicted octanol–water partition coefficient (Wildman–Crippen LogP) is 2.35. The lowest BCUT2D eigenvalue weighted by Crippen LogP contribution is -2.61. The fourth-order valence-corrected chi connectivity index (χ4v) is 5.10. The fourth-order valence-electron chi connectivity index (χ4n) is 4.83. The van der Waals surface area contributed by atoms with E-state index >= 15 is 0 Å². The molecule has 16 heteroatoms. The number of nitrogens with zero attached hydrogens (tertiary/aromatic N) is 5. The summed E-state index contributed by atoms with van der Waals surface area (Å²) in [6, 6.07) is 4.32. The highest BCUT2D eigenvalue weighted by Gasteiger charge is 2.39. The second-order valence-corrected chi connectivity index (χ2v) is 10.5. The predicted molar refractivity (Wildman–Crippen MR) is 150 cm³/mol. The molecule has 0 radical (unpaired) electrons. The largest absolute Gasteiger partial charge is 0.435 e. The van der Waals surface area contributed by atoms with E-state index in [1.54, 1.807) is 9.80 Å². The zero-order valence-electron chi connectivity index (χ0n) is 22.9. The maximum atomic E-state index is 13.6. The monoisotopic (exact) mass is 617 g/mol. The number of anilines is 1. The molecule has 4 amide bonds. The Morgan fingerprint density at radius 1 is 1.16 bits per heavy atom. The van der Waals surface area contributed by atoms with Gasteiger partial charge in [-0.1, -0.05) is 11.6 Å². The number of hydrogen-bond acceptors (Lipinski definition) is 6. The number of imidazole rings is 1. The van der Waals surface area contributed by atoms with Gasteiger partial charge in [-0.3, -0.25) is 14.7 Å². The van der Waals surface area contributed by atoms with E-state index in [-0.39, 0.29) is 63.5 Å². The van der Waals surface area contributed by atoms with Crippen molar-refractivity contribution in [2.24, 2.45) is 7.05 Å². The van der Waals surface area contributed by atoms with Gasteiger partial charge in [0.15, 0.2) is 11.5 Å². The van der Waals surface area contributed by atoms with Crippen molar-refractivity contribution in [3.8, 4) is 23.6 Å². The average Bonchev–Trinajstić information content (AvgIpc) is 3.53. The number of H-pyrrole nitrogens is 1. The Balaban J connectivity index is 1.25. The number of hydrogen-bond donors (Lipinski definition) is 4. The van der Waals surface area contributed by atoms with Crippen molar-refractivity contribution in [2.75, 3.05) is 44.6 Å². The number of urea groups is 1. The van der Waals surface area contributed by atoms with Gasteiger partial charge in [-0.2, -0.15) is 18.3 Å². The van der Waals surface area contributed by atoms with Gasteiger partial charge in [-0.15, -0.1) is 12.3 Å². The number of rotatable bonds is 6. The number of carbonyl (C=O) groups excluding carboxylic acids is 3. The summed E-state index contributed by atoms with van der Waals surface area (Å²) >= 11 is 6.41. The second-order valence-electron chi connectivity index (χ2n) is 10.1. The Hall–Kier alpha value is -4.55. The smallest absolute Gasteiger partial charge is 0.335 e. The molecule has 2 fully saturated rings. The van der Waals surface area contributed by atoms with Gasteiger partial charge in [0.05, 0.1) is 46.2 Å². The third-order valence-corrected chi connectivity index (χ3v) is 7.57. The molecule has 0 spiro atoms. The van der Waals surface area contributed by atoms with Gasteiger partial charge < -0.3 is 30.3 Å². The summed E-state index contributed by atoms with van der Waals surface area (Å²) in [5.74, 6) is 1.08. The summed E-state index contributed by atoms with van der Waals surface area (Å²) in [5.41, 5.74) is -0.938. The maximum Gasteiger partial charge on any atom is 0.435 e. The molecule has 2 aliphatic rings. The van der Waals surface area contributed by atoms with Crippen LogP contribution in [0.1, 0.15) is 32.4 Å². The van der Waals surface area contributed by atoms with Crippen LogP contribution < -0.4 is 16.0 Å². The standard InChI is InChI=1S/C27H27ClF3N9O3/c1-3-4-19-21(22(37-36-19)27(29,30)31)20-14-33-23(38(20)2)24(41)34-15-5-6-17(18(28)11-15)25(42)39-7-9-40(10-8-39)26(43)35-16-12-32-13-16/h1,5-6,11,14,16,32H,4,7-10,12-13H2,2H3,(H,34,41)(H,35,43)(H,36,37). The van der Waals surface area contributed by atoms with Crippen LogP contribution in [0.4, 0.5) is 23.7 Å². The van der Waals surface area contributed by atoms with Crippen LogP contribution in [0.25, 0.3) is 11.3 Å². The first-order chi connectivity index (χ1) is 20.5. The molecular weight excluding hydrogens is 591 g/mol. The van der Waals surface area contributed by atoms with Crippen molar-refractivity contribution >= 4 is 35.1 Å². The molecule has 2 saturated heterocycles. The Morgan fingerprint density at radius 3 is 2.47 bits per heavy atom. The van der Waals surface area contributed by atoms with Crippen molar-refractivity contribution in [1.82, 2.24) is 40.2 Å². The number of alkyl halides is 3. The minimum absolute atomic E-state index is 0.00641. The zero-order valence-corrected chi connectivity index (χ0v) is 23.6. The molecule has 43 heavy (non-hydrogen) atoms. The van der Waals surface area contributed by atoms with Crippen LogP contribution in [0, 0.1) is 12.3 Å². The van der Waals surface area contributed by atoms with Gasteiger partial charge in [0, 0.05) is 52.0 Å². The van der Waals surface area contributed by atoms with E-state index in [0.717, 1.165) is 19.3 Å². The molecule has 0 bridgehead atoms. The molecule has 4 heterocycles. The van der Waals surface area contributed by atoms with Gasteiger partial charge in [-0.25, -0.2) is 9.78 Å². The molecule has 12 nitrogen and oxygen atoms in total. The Labute approximate surface area is 248 Å². The molecule has 2 aromatic heterocycles. The topological polar surface area (TPSA) is 140 Å². The van der Waals surface area contributed by atoms with Crippen LogP contribution in [0.15, 0.2) is 24.4 Å². The lowest BCUT2D eigenvalue weighted by atomic mass is 10.1. The molecule has 0 atom stereocenters. The molecule has 3 aromatic rings. The molecular formula is C27H27ClF3N9O3. The lowest BCUT2D eigenvalue weighted by Gasteiger charge is -2.37. The van der Waals surface area contributed by atoms with E-state index in [4.69, 9.17) is 18.0 Å². The van der Waals surface area contributed by atoms with Crippen molar-refractivity contribution in [3.05, 3.63) is 52.2 Å². The van der Waals surface area contributed by atoms with Gasteiger partial charge in [0.2, 0.25) is 0 Å². The van der Waals surface area contributed by atoms with Crippen molar-refractivity contribution in [1.29, 1.82) is 0 Å². The summed E-state index contributed by atoms with van der Waals surface area (Å²) in [4.78, 5) is 45.8. The molecule has 1 aromatic carbocycles. The van der Waals surface area contributed by atoms with Crippen molar-refractivity contribution in [2.45, 2.75) is 18.6 Å². The van der Waals surface area contributed by atoms with E-state index in [1.165, 1.54) is 29.8 Å². The highest BCUT2D eigenvalue weighted by molar-refractivity contribution is 6.34. The number of nitrogens with one attached hydrogen (secondary N) is 4. The highest BCUT2D eigenvalue weighted by Crippen LogP contribution is 2.38. The van der Waals surface area contributed by atoms with Crippen LogP contribution in [0.5, 0.6) is 0 Å². The Bertz CT molecular complexity index is 1600. The summed E-state index contributed by atoms with van der Waals surface area (Å²) in [5, 5.41) is 14.4. The lowest BCUT2D eigenvalue weighted by molar-refractivity contribution is -0.140. The molecule has 4 N–H and O–H groups in total. The van der Waals surface area contributed by atoms with E-state index in [9.17, 15) is 27.6 Å². The minimum Gasteiger partial charge on any atom is -0.335 e. The summed E-state index contributed by atoms with van der Waals surface area (Å²) in [6.45, 7) is 2.90. The molecule has 5 rings (SSSR count). The maximum absolute atomic E-state index is 13.6. The van der Waals surface area contributed by atoms with Crippen LogP contribution in [-0.4, -0.2) is 92.7 Å². The van der Waals surface area contributed by atoms with E-state index < -0.39 is 17.8 Å². The number of aromatic nitrogens is 4. The third-order valence-electron chi connectivity index (χ3n) is 7.26. The van der Waals surface area contributed by atoms with Crippen LogP contribution in [0.3, 0.4) is 0 Å². The second kappa shape index (κ2) is 12.0. The summed E-state index contributed by atoms with van der Waals surface area (Å²) in [7, 11) is 1.40. The van der Waals surface area contributed by atoms with Gasteiger partial charge in [0.1, 0.15) is 0 Å². The zero-order chi connectivity index (χ0) is 30.9. The minimum atomic E-state index is -4.77. The average molecular weight is 618 g/mol. The third kappa shape index (κ3) is 6.15. The molecule has 0 saturated carbocycles. The van der Waals surface area contributed by atoms with Crippen LogP contribution in [-0.2, 0) is 19.6 Å². The van der Waals surface area contributed by atoms with E-state index in [2.05, 4.69) is 37.1 Å². The Morgan fingerprint density at radius 2 is 1.86 bits per heavy atom. The van der Waals surface area contributed by atoms with Crippen LogP contribution >= 0.6 is 11.6 Å². The number of halogens is 4. The van der Waals surface area contributed by atoms with Crippen molar-refractivity contribution in [3.63, 3.8) is 0 Å². The molecule has 2 aliphatic heterocycles.